The summed E-state index contributed by atoms with van der Waals surface area (Å²) < 4.78 is 28.3. The van der Waals surface area contributed by atoms with Gasteiger partial charge in [0, 0.05) is 7.05 Å². The van der Waals surface area contributed by atoms with Crippen LogP contribution in [0.4, 0.5) is 8.78 Å². The highest BCUT2D eigenvalue weighted by Crippen LogP contribution is 2.27. The third-order valence-corrected chi connectivity index (χ3v) is 2.84. The molecule has 0 fully saturated rings. The Labute approximate surface area is 101 Å². The van der Waals surface area contributed by atoms with Gasteiger partial charge in [0.15, 0.2) is 0 Å². The molecule has 1 N–H and O–H groups in total. The molecule has 0 aliphatic heterocycles. The summed E-state index contributed by atoms with van der Waals surface area (Å²) in [6.45, 7) is 0. The summed E-state index contributed by atoms with van der Waals surface area (Å²) in [7, 11) is 1.55. The van der Waals surface area contributed by atoms with Gasteiger partial charge in [0.05, 0.1) is 11.8 Å². The van der Waals surface area contributed by atoms with E-state index in [1.807, 2.05) is 0 Å². The van der Waals surface area contributed by atoms with Crippen LogP contribution >= 0.6 is 11.6 Å². The van der Waals surface area contributed by atoms with E-state index in [0.717, 1.165) is 12.1 Å². The smallest absolute Gasteiger partial charge is 0.143 e. The molecule has 0 saturated heterocycles. The second kappa shape index (κ2) is 4.43. The van der Waals surface area contributed by atoms with Crippen LogP contribution in [0.2, 0.25) is 5.15 Å². The molecule has 6 heteroatoms. The zero-order valence-electron chi connectivity index (χ0n) is 8.86. The van der Waals surface area contributed by atoms with Crippen molar-refractivity contribution in [1.29, 1.82) is 0 Å². The third-order valence-electron chi connectivity index (χ3n) is 2.49. The number of nitrogens with zero attached hydrogens (tertiary/aromatic N) is 2. The van der Waals surface area contributed by atoms with Gasteiger partial charge in [0.2, 0.25) is 0 Å². The maximum Gasteiger partial charge on any atom is 0.143 e. The van der Waals surface area contributed by atoms with E-state index >= 15 is 0 Å². The number of aromatic nitrogens is 2. The van der Waals surface area contributed by atoms with E-state index in [1.165, 1.54) is 16.8 Å². The molecule has 0 bridgehead atoms. The van der Waals surface area contributed by atoms with Crippen LogP contribution in [-0.4, -0.2) is 14.7 Å². The molecule has 17 heavy (non-hydrogen) atoms. The van der Waals surface area contributed by atoms with Crippen molar-refractivity contribution in [2.45, 2.75) is 6.10 Å². The van der Waals surface area contributed by atoms with Crippen LogP contribution in [0.3, 0.4) is 0 Å². The highest BCUT2D eigenvalue weighted by atomic mass is 35.5. The number of halogens is 3. The van der Waals surface area contributed by atoms with Crippen LogP contribution < -0.4 is 0 Å². The average Bonchev–Trinajstić information content (AvgIpc) is 2.59. The fourth-order valence-electron chi connectivity index (χ4n) is 1.56. The van der Waals surface area contributed by atoms with Gasteiger partial charge in [0.1, 0.15) is 28.7 Å². The lowest BCUT2D eigenvalue weighted by Gasteiger charge is -2.12. The van der Waals surface area contributed by atoms with Crippen molar-refractivity contribution in [3.63, 3.8) is 0 Å². The van der Waals surface area contributed by atoms with Crippen LogP contribution in [0.25, 0.3) is 0 Å². The molecule has 1 heterocycles. The molecule has 1 atom stereocenters. The fourth-order valence-corrected chi connectivity index (χ4v) is 1.69. The second-order valence-electron chi connectivity index (χ2n) is 3.54. The minimum atomic E-state index is -1.49. The van der Waals surface area contributed by atoms with E-state index in [9.17, 15) is 13.9 Å². The van der Waals surface area contributed by atoms with Crippen molar-refractivity contribution in [3.8, 4) is 0 Å². The molecule has 0 aliphatic carbocycles. The summed E-state index contributed by atoms with van der Waals surface area (Å²) in [6.07, 6.45) is -0.188. The summed E-state index contributed by atoms with van der Waals surface area (Å²) in [5, 5.41) is 10.2. The molecule has 1 aromatic carbocycles. The van der Waals surface area contributed by atoms with Crippen molar-refractivity contribution >= 4 is 11.6 Å². The van der Waals surface area contributed by atoms with E-state index in [1.54, 1.807) is 7.05 Å². The summed E-state index contributed by atoms with van der Waals surface area (Å²) in [6, 6.07) is 3.38. The Kier molecular flexibility index (Phi) is 3.13. The maximum absolute atomic E-state index is 13.5. The van der Waals surface area contributed by atoms with Gasteiger partial charge >= 0.3 is 0 Å². The average molecular weight is 259 g/mol. The Morgan fingerprint density at radius 3 is 2.41 bits per heavy atom. The monoisotopic (exact) mass is 258 g/mol. The van der Waals surface area contributed by atoms with Gasteiger partial charge in [-0.1, -0.05) is 17.7 Å². The van der Waals surface area contributed by atoms with Gasteiger partial charge in [-0.15, -0.1) is 0 Å². The van der Waals surface area contributed by atoms with Gasteiger partial charge in [0.25, 0.3) is 0 Å². The second-order valence-corrected chi connectivity index (χ2v) is 3.92. The molecule has 0 spiro atoms. The lowest BCUT2D eigenvalue weighted by Crippen LogP contribution is -2.11. The minimum absolute atomic E-state index is 0.0824. The molecule has 3 nitrogen and oxygen atoms in total. The fraction of sp³-hybridized carbons (Fsp3) is 0.182. The Morgan fingerprint density at radius 2 is 1.94 bits per heavy atom. The van der Waals surface area contributed by atoms with Crippen molar-refractivity contribution in [2.75, 3.05) is 0 Å². The number of imidazole rings is 1. The number of hydrogen-bond donors (Lipinski definition) is 1. The first-order chi connectivity index (χ1) is 8.02. The standard InChI is InChI=1S/C11H9ClF2N2O/c1-16-8(12)5-15-11(16)10(17)9-6(13)3-2-4-7(9)14/h2-5,10,17H,1H3. The Hall–Kier alpha value is -1.46. The molecule has 2 aromatic rings. The van der Waals surface area contributed by atoms with Gasteiger partial charge in [-0.05, 0) is 12.1 Å². The molecule has 90 valence electrons. The minimum Gasteiger partial charge on any atom is -0.380 e. The predicted molar refractivity (Wildman–Crippen MR) is 58.6 cm³/mol. The number of benzene rings is 1. The van der Waals surface area contributed by atoms with Gasteiger partial charge in [-0.25, -0.2) is 13.8 Å². The van der Waals surface area contributed by atoms with E-state index in [2.05, 4.69) is 4.98 Å². The maximum atomic E-state index is 13.5. The highest BCUT2D eigenvalue weighted by Gasteiger charge is 2.23. The molecule has 0 radical (unpaired) electrons. The Bertz CT molecular complexity index is 536. The van der Waals surface area contributed by atoms with Crippen LogP contribution in [0, 0.1) is 11.6 Å². The van der Waals surface area contributed by atoms with Crippen molar-refractivity contribution in [1.82, 2.24) is 9.55 Å². The first kappa shape index (κ1) is 12.0. The van der Waals surface area contributed by atoms with E-state index in [4.69, 9.17) is 11.6 Å². The predicted octanol–water partition coefficient (Wildman–Crippen LogP) is 2.43. The van der Waals surface area contributed by atoms with Crippen LogP contribution in [0.5, 0.6) is 0 Å². The molecule has 0 amide bonds. The van der Waals surface area contributed by atoms with Gasteiger partial charge in [-0.3, -0.25) is 0 Å². The van der Waals surface area contributed by atoms with Crippen LogP contribution in [-0.2, 0) is 7.05 Å². The number of aliphatic hydroxyl groups excluding tert-OH is 1. The number of rotatable bonds is 2. The van der Waals surface area contributed by atoms with Crippen molar-refractivity contribution in [3.05, 3.63) is 52.6 Å². The number of hydrogen-bond acceptors (Lipinski definition) is 2. The molecule has 2 rings (SSSR count). The summed E-state index contributed by atoms with van der Waals surface area (Å²) >= 11 is 5.74. The first-order valence-corrected chi connectivity index (χ1v) is 5.19. The van der Waals surface area contributed by atoms with Crippen molar-refractivity contribution in [2.24, 2.45) is 7.05 Å². The highest BCUT2D eigenvalue weighted by molar-refractivity contribution is 6.29. The summed E-state index contributed by atoms with van der Waals surface area (Å²) in [5.74, 6) is -1.56. The topological polar surface area (TPSA) is 38.0 Å². The Balaban J connectivity index is 2.51. The molecular formula is C11H9ClF2N2O. The molecule has 1 aromatic heterocycles. The first-order valence-electron chi connectivity index (χ1n) is 4.81. The normalized spacial score (nSPS) is 12.8. The zero-order chi connectivity index (χ0) is 12.6. The quantitative estimate of drug-likeness (QED) is 0.898. The molecule has 1 unspecified atom stereocenters. The van der Waals surface area contributed by atoms with E-state index in [0.29, 0.717) is 0 Å². The summed E-state index contributed by atoms with van der Waals surface area (Å²) in [4.78, 5) is 3.82. The lowest BCUT2D eigenvalue weighted by molar-refractivity contribution is 0.195. The SMILES string of the molecule is Cn1c(Cl)cnc1C(O)c1c(F)cccc1F. The van der Waals surface area contributed by atoms with Crippen LogP contribution in [0.1, 0.15) is 17.5 Å². The van der Waals surface area contributed by atoms with E-state index < -0.39 is 23.3 Å². The third kappa shape index (κ3) is 2.03. The number of aliphatic hydroxyl groups is 1. The summed E-state index contributed by atoms with van der Waals surface area (Å²) in [5.41, 5.74) is -0.433. The molecular weight excluding hydrogens is 250 g/mol. The van der Waals surface area contributed by atoms with Crippen molar-refractivity contribution < 1.29 is 13.9 Å². The van der Waals surface area contributed by atoms with Crippen LogP contribution in [0.15, 0.2) is 24.4 Å². The van der Waals surface area contributed by atoms with Gasteiger partial charge in [-0.2, -0.15) is 0 Å². The largest absolute Gasteiger partial charge is 0.380 e. The molecule has 0 aliphatic rings. The zero-order valence-corrected chi connectivity index (χ0v) is 9.62. The Morgan fingerprint density at radius 1 is 1.35 bits per heavy atom. The van der Waals surface area contributed by atoms with E-state index in [-0.39, 0.29) is 11.0 Å². The van der Waals surface area contributed by atoms with Gasteiger partial charge < -0.3 is 9.67 Å². The molecule has 0 saturated carbocycles. The lowest BCUT2D eigenvalue weighted by atomic mass is 10.1.